The van der Waals surface area contributed by atoms with Gasteiger partial charge >= 0.3 is 0 Å². The van der Waals surface area contributed by atoms with Gasteiger partial charge in [0, 0.05) is 25.5 Å². The van der Waals surface area contributed by atoms with Crippen molar-refractivity contribution in [1.29, 1.82) is 0 Å². The van der Waals surface area contributed by atoms with E-state index in [2.05, 4.69) is 14.9 Å². The van der Waals surface area contributed by atoms with Crippen molar-refractivity contribution >= 4 is 10.0 Å². The number of nitrogens with zero attached hydrogens (tertiary/aromatic N) is 4. The zero-order valence-electron chi connectivity index (χ0n) is 13.2. The van der Waals surface area contributed by atoms with Crippen LogP contribution < -0.4 is 4.74 Å². The van der Waals surface area contributed by atoms with Crippen LogP contribution >= 0.6 is 0 Å². The van der Waals surface area contributed by atoms with Crippen LogP contribution in [0.3, 0.4) is 0 Å². The molecule has 0 aromatic carbocycles. The van der Waals surface area contributed by atoms with E-state index >= 15 is 0 Å². The van der Waals surface area contributed by atoms with Gasteiger partial charge in [-0.1, -0.05) is 6.07 Å². The van der Waals surface area contributed by atoms with E-state index in [1.54, 1.807) is 24.5 Å². The maximum absolute atomic E-state index is 13.2. The number of pyridine rings is 2. The summed E-state index contributed by atoms with van der Waals surface area (Å²) in [4.78, 5) is 10.6. The molecule has 0 amide bonds. The number of ether oxygens (including phenoxy) is 1. The molecule has 7 nitrogen and oxygen atoms in total. The highest BCUT2D eigenvalue weighted by Gasteiger charge is 2.46. The lowest BCUT2D eigenvalue weighted by molar-refractivity contribution is 0.144. The molecule has 2 aliphatic rings. The lowest BCUT2D eigenvalue weighted by atomic mass is 10.2. The zero-order chi connectivity index (χ0) is 16.7. The number of likely N-dealkylation sites (N-methyl/N-ethyl adjacent to an activating group) is 1. The van der Waals surface area contributed by atoms with Crippen molar-refractivity contribution in [2.45, 2.75) is 23.6 Å². The normalized spacial score (nSPS) is 26.2. The third-order valence-electron chi connectivity index (χ3n) is 4.42. The van der Waals surface area contributed by atoms with Gasteiger partial charge in [0.1, 0.15) is 11.0 Å². The Hall–Kier alpha value is -2.03. The third kappa shape index (κ3) is 2.56. The van der Waals surface area contributed by atoms with Gasteiger partial charge in [0.2, 0.25) is 15.9 Å². The Morgan fingerprint density at radius 1 is 1.17 bits per heavy atom. The molecule has 0 bridgehead atoms. The second-order valence-corrected chi connectivity index (χ2v) is 7.98. The molecule has 0 radical (unpaired) electrons. The van der Waals surface area contributed by atoms with Gasteiger partial charge in [0.15, 0.2) is 0 Å². The number of fused-ring (bicyclic) bond motifs is 2. The lowest BCUT2D eigenvalue weighted by Gasteiger charge is -2.27. The van der Waals surface area contributed by atoms with Crippen molar-refractivity contribution in [2.75, 3.05) is 20.1 Å². The molecule has 2 aromatic rings. The highest BCUT2D eigenvalue weighted by molar-refractivity contribution is 7.89. The van der Waals surface area contributed by atoms with Crippen molar-refractivity contribution in [3.63, 3.8) is 0 Å². The number of hydrogen-bond donors (Lipinski definition) is 0. The minimum atomic E-state index is -3.72. The molecule has 0 aliphatic carbocycles. The van der Waals surface area contributed by atoms with Crippen LogP contribution in [0.25, 0.3) is 0 Å². The molecule has 2 unspecified atom stereocenters. The maximum atomic E-state index is 13.2. The van der Waals surface area contributed by atoms with Gasteiger partial charge in [-0.25, -0.2) is 13.4 Å². The Bertz CT molecular complexity index is 843. The number of likely N-dealkylation sites (tertiary alicyclic amines) is 1. The average molecular weight is 346 g/mol. The fraction of sp³-hybridized carbons (Fsp3) is 0.375. The minimum Gasteiger partial charge on any atom is -0.470 e. The SMILES string of the molecule is CN1CC2Oc3ncccc3S(=O)(=O)N(Cc3ccccn3)C2C1. The molecule has 2 aromatic heterocycles. The van der Waals surface area contributed by atoms with Crippen LogP contribution in [0, 0.1) is 0 Å². The smallest absolute Gasteiger partial charge is 0.249 e. The first-order valence-electron chi connectivity index (χ1n) is 7.77. The first-order valence-corrected chi connectivity index (χ1v) is 9.22. The van der Waals surface area contributed by atoms with Crippen LogP contribution in [0.1, 0.15) is 5.69 Å². The van der Waals surface area contributed by atoms with Crippen LogP contribution in [-0.4, -0.2) is 59.9 Å². The minimum absolute atomic E-state index is 0.123. The third-order valence-corrected chi connectivity index (χ3v) is 6.30. The molecule has 4 heterocycles. The predicted molar refractivity (Wildman–Crippen MR) is 86.9 cm³/mol. The van der Waals surface area contributed by atoms with Gasteiger partial charge in [0.25, 0.3) is 0 Å². The van der Waals surface area contributed by atoms with Gasteiger partial charge in [0.05, 0.1) is 18.3 Å². The molecule has 1 fully saturated rings. The fourth-order valence-corrected chi connectivity index (χ4v) is 4.98. The number of rotatable bonds is 2. The van der Waals surface area contributed by atoms with Gasteiger partial charge < -0.3 is 9.64 Å². The second-order valence-electron chi connectivity index (χ2n) is 6.12. The zero-order valence-corrected chi connectivity index (χ0v) is 14.1. The van der Waals surface area contributed by atoms with E-state index in [-0.39, 0.29) is 29.5 Å². The van der Waals surface area contributed by atoms with E-state index in [0.717, 1.165) is 0 Å². The maximum Gasteiger partial charge on any atom is 0.249 e. The molecule has 0 N–H and O–H groups in total. The van der Waals surface area contributed by atoms with Crippen LogP contribution in [0.2, 0.25) is 0 Å². The molecule has 0 saturated carbocycles. The van der Waals surface area contributed by atoms with Crippen molar-refractivity contribution in [3.8, 4) is 5.88 Å². The summed E-state index contributed by atoms with van der Waals surface area (Å²) in [6.07, 6.45) is 2.98. The summed E-state index contributed by atoms with van der Waals surface area (Å²) in [5.74, 6) is 0.186. The van der Waals surface area contributed by atoms with Crippen LogP contribution in [0.15, 0.2) is 47.6 Å². The first kappa shape index (κ1) is 15.5. The predicted octanol–water partition coefficient (Wildman–Crippen LogP) is 0.742. The number of aromatic nitrogens is 2. The van der Waals surface area contributed by atoms with E-state index in [4.69, 9.17) is 4.74 Å². The Kier molecular flexibility index (Phi) is 3.75. The summed E-state index contributed by atoms with van der Waals surface area (Å²) in [5, 5.41) is 0. The van der Waals surface area contributed by atoms with Gasteiger partial charge in [-0.2, -0.15) is 4.31 Å². The molecule has 2 atom stereocenters. The Labute approximate surface area is 140 Å². The fourth-order valence-electron chi connectivity index (χ4n) is 3.30. The molecule has 0 spiro atoms. The quantitative estimate of drug-likeness (QED) is 0.798. The molecule has 4 rings (SSSR count). The van der Waals surface area contributed by atoms with E-state index in [1.807, 2.05) is 25.2 Å². The molecular formula is C16H18N4O3S. The van der Waals surface area contributed by atoms with Gasteiger partial charge in [-0.15, -0.1) is 0 Å². The number of sulfonamides is 1. The largest absolute Gasteiger partial charge is 0.470 e. The average Bonchev–Trinajstić information content (AvgIpc) is 2.90. The van der Waals surface area contributed by atoms with Crippen LogP contribution in [0.5, 0.6) is 5.88 Å². The van der Waals surface area contributed by atoms with Crippen LogP contribution in [-0.2, 0) is 16.6 Å². The molecule has 8 heteroatoms. The summed E-state index contributed by atoms with van der Waals surface area (Å²) >= 11 is 0. The second kappa shape index (κ2) is 5.80. The molecule has 1 saturated heterocycles. The first-order chi connectivity index (χ1) is 11.6. The molecule has 126 valence electrons. The van der Waals surface area contributed by atoms with Crippen molar-refractivity contribution < 1.29 is 13.2 Å². The summed E-state index contributed by atoms with van der Waals surface area (Å²) in [6.45, 7) is 1.50. The van der Waals surface area contributed by atoms with E-state index in [0.29, 0.717) is 18.8 Å². The Balaban J connectivity index is 1.81. The summed E-state index contributed by atoms with van der Waals surface area (Å²) < 4.78 is 33.9. The molecule has 2 aliphatic heterocycles. The summed E-state index contributed by atoms with van der Waals surface area (Å²) in [7, 11) is -1.75. The van der Waals surface area contributed by atoms with Gasteiger partial charge in [-0.05, 0) is 31.3 Å². The number of hydrogen-bond acceptors (Lipinski definition) is 6. The van der Waals surface area contributed by atoms with Gasteiger partial charge in [-0.3, -0.25) is 4.98 Å². The topological polar surface area (TPSA) is 75.6 Å². The summed E-state index contributed by atoms with van der Waals surface area (Å²) in [6, 6.07) is 8.40. The lowest BCUT2D eigenvalue weighted by Crippen LogP contribution is -2.46. The van der Waals surface area contributed by atoms with Crippen molar-refractivity contribution in [3.05, 3.63) is 48.4 Å². The standard InChI is InChI=1S/C16H18N4O3S/c1-19-10-13-14(11-19)23-16-15(6-4-8-18-16)24(21,22)20(13)9-12-5-2-3-7-17-12/h2-8,13-14H,9-11H2,1H3. The highest BCUT2D eigenvalue weighted by atomic mass is 32.2. The molecular weight excluding hydrogens is 328 g/mol. The monoisotopic (exact) mass is 346 g/mol. The van der Waals surface area contributed by atoms with Crippen LogP contribution in [0.4, 0.5) is 0 Å². The van der Waals surface area contributed by atoms with E-state index < -0.39 is 10.0 Å². The Morgan fingerprint density at radius 2 is 2.00 bits per heavy atom. The van der Waals surface area contributed by atoms with E-state index in [1.165, 1.54) is 4.31 Å². The highest BCUT2D eigenvalue weighted by Crippen LogP contribution is 2.35. The Morgan fingerprint density at radius 3 is 2.79 bits per heavy atom. The van der Waals surface area contributed by atoms with Crippen molar-refractivity contribution in [2.24, 2.45) is 0 Å². The molecule has 24 heavy (non-hydrogen) atoms. The van der Waals surface area contributed by atoms with Crippen molar-refractivity contribution in [1.82, 2.24) is 19.2 Å². The summed E-state index contributed by atoms with van der Waals surface area (Å²) in [5.41, 5.74) is 0.710. The van der Waals surface area contributed by atoms with E-state index in [9.17, 15) is 8.42 Å².